The second-order valence-electron chi connectivity index (χ2n) is 4.42. The third-order valence-corrected chi connectivity index (χ3v) is 3.66. The zero-order chi connectivity index (χ0) is 13.6. The van der Waals surface area contributed by atoms with Gasteiger partial charge in [-0.15, -0.1) is 12.6 Å². The molecule has 3 rings (SSSR count). The molecule has 0 amide bonds. The summed E-state index contributed by atoms with van der Waals surface area (Å²) in [5, 5.41) is 29.3. The van der Waals surface area contributed by atoms with Gasteiger partial charge in [-0.1, -0.05) is 0 Å². The van der Waals surface area contributed by atoms with Crippen LogP contribution in [0.3, 0.4) is 0 Å². The molecule has 3 heterocycles. The zero-order valence-electron chi connectivity index (χ0n) is 9.76. The normalized spacial score (nSPS) is 31.2. The van der Waals surface area contributed by atoms with Gasteiger partial charge in [0.1, 0.15) is 35.8 Å². The van der Waals surface area contributed by atoms with Crippen LogP contribution in [0, 0.1) is 0 Å². The Kier molecular flexibility index (Phi) is 3.19. The third kappa shape index (κ3) is 1.92. The second-order valence-corrected chi connectivity index (χ2v) is 4.85. The van der Waals surface area contributed by atoms with E-state index in [4.69, 9.17) is 9.84 Å². The number of aromatic nitrogens is 3. The molecular formula is C11H13N3O4S. The van der Waals surface area contributed by atoms with Crippen LogP contribution >= 0.6 is 12.6 Å². The van der Waals surface area contributed by atoms with E-state index in [1.807, 2.05) is 0 Å². The van der Waals surface area contributed by atoms with Crippen LogP contribution in [0.4, 0.5) is 0 Å². The fraction of sp³-hybridized carbons (Fsp3) is 0.455. The molecule has 0 aliphatic carbocycles. The molecule has 2 aromatic heterocycles. The molecule has 1 aliphatic rings. The Labute approximate surface area is 113 Å². The van der Waals surface area contributed by atoms with Gasteiger partial charge in [0.05, 0.1) is 17.6 Å². The lowest BCUT2D eigenvalue weighted by Gasteiger charge is -2.13. The number of ether oxygens (including phenoxy) is 1. The lowest BCUT2D eigenvalue weighted by Crippen LogP contribution is -2.32. The minimum atomic E-state index is -1.13. The van der Waals surface area contributed by atoms with Crippen molar-refractivity contribution < 1.29 is 20.1 Å². The zero-order valence-corrected chi connectivity index (χ0v) is 10.7. The Morgan fingerprint density at radius 3 is 2.79 bits per heavy atom. The van der Waals surface area contributed by atoms with Crippen LogP contribution in [0.1, 0.15) is 11.7 Å². The molecule has 1 saturated heterocycles. The van der Waals surface area contributed by atoms with Crippen LogP contribution in [0.25, 0.3) is 11.0 Å². The molecule has 0 unspecified atom stereocenters. The van der Waals surface area contributed by atoms with Crippen molar-refractivity contribution in [3.05, 3.63) is 18.1 Å². The number of nitrogens with zero attached hydrogens (tertiary/aromatic N) is 2. The lowest BCUT2D eigenvalue weighted by molar-refractivity contribution is -0.0224. The number of thiol groups is 1. The summed E-state index contributed by atoms with van der Waals surface area (Å²) in [6, 6.07) is 0. The van der Waals surface area contributed by atoms with Crippen molar-refractivity contribution in [1.29, 1.82) is 0 Å². The van der Waals surface area contributed by atoms with Crippen LogP contribution in [0.5, 0.6) is 0 Å². The van der Waals surface area contributed by atoms with E-state index in [0.717, 1.165) is 0 Å². The Morgan fingerprint density at radius 1 is 1.32 bits per heavy atom. The number of hydrogen-bond donors (Lipinski definition) is 5. The average molecular weight is 283 g/mol. The van der Waals surface area contributed by atoms with Gasteiger partial charge in [0, 0.05) is 11.8 Å². The van der Waals surface area contributed by atoms with Crippen molar-refractivity contribution in [2.45, 2.75) is 29.4 Å². The van der Waals surface area contributed by atoms with E-state index in [2.05, 4.69) is 27.6 Å². The van der Waals surface area contributed by atoms with Crippen LogP contribution in [0.2, 0.25) is 0 Å². The van der Waals surface area contributed by atoms with Gasteiger partial charge >= 0.3 is 0 Å². The summed E-state index contributed by atoms with van der Waals surface area (Å²) in [7, 11) is 0. The van der Waals surface area contributed by atoms with E-state index in [1.165, 1.54) is 6.33 Å². The largest absolute Gasteiger partial charge is 0.394 e. The molecule has 0 aromatic carbocycles. The van der Waals surface area contributed by atoms with Crippen LogP contribution in [-0.2, 0) is 4.74 Å². The summed E-state index contributed by atoms with van der Waals surface area (Å²) in [4.78, 5) is 11.0. The molecule has 7 nitrogen and oxygen atoms in total. The minimum absolute atomic E-state index is 0.357. The monoisotopic (exact) mass is 283 g/mol. The number of aromatic amines is 1. The van der Waals surface area contributed by atoms with Crippen LogP contribution in [0.15, 0.2) is 17.6 Å². The molecule has 2 aromatic rings. The number of rotatable bonds is 2. The number of aliphatic hydroxyl groups is 3. The fourth-order valence-electron chi connectivity index (χ4n) is 2.32. The van der Waals surface area contributed by atoms with E-state index in [1.54, 1.807) is 6.20 Å². The van der Waals surface area contributed by atoms with Gasteiger partial charge in [-0.3, -0.25) is 0 Å². The maximum atomic E-state index is 10.00. The summed E-state index contributed by atoms with van der Waals surface area (Å²) in [5.41, 5.74) is 1.82. The first-order chi connectivity index (χ1) is 9.13. The maximum Gasteiger partial charge on any atom is 0.121 e. The molecular weight excluding hydrogens is 270 g/mol. The molecule has 102 valence electrons. The van der Waals surface area contributed by atoms with Crippen molar-refractivity contribution in [3.63, 3.8) is 0 Å². The highest BCUT2D eigenvalue weighted by Gasteiger charge is 2.44. The van der Waals surface area contributed by atoms with Crippen LogP contribution in [-0.4, -0.2) is 55.2 Å². The van der Waals surface area contributed by atoms with Crippen molar-refractivity contribution >= 4 is 23.7 Å². The molecule has 0 radical (unpaired) electrons. The number of H-pyrrole nitrogens is 1. The average Bonchev–Trinajstić information content (AvgIpc) is 2.94. The first-order valence-electron chi connectivity index (χ1n) is 5.77. The predicted molar refractivity (Wildman–Crippen MR) is 67.9 cm³/mol. The van der Waals surface area contributed by atoms with Gasteiger partial charge in [0.15, 0.2) is 0 Å². The van der Waals surface area contributed by atoms with Crippen molar-refractivity contribution in [1.82, 2.24) is 15.0 Å². The quantitative estimate of drug-likeness (QED) is 0.372. The number of hydrogen-bond acceptors (Lipinski definition) is 7. The smallest absolute Gasteiger partial charge is 0.121 e. The third-order valence-electron chi connectivity index (χ3n) is 3.32. The van der Waals surface area contributed by atoms with Gasteiger partial charge in [0.2, 0.25) is 0 Å². The molecule has 0 spiro atoms. The summed E-state index contributed by atoms with van der Waals surface area (Å²) in [6.07, 6.45) is -0.791. The highest BCUT2D eigenvalue weighted by atomic mass is 32.1. The second kappa shape index (κ2) is 4.73. The fourth-order valence-corrected chi connectivity index (χ4v) is 2.54. The molecule has 4 N–H and O–H groups in total. The Morgan fingerprint density at radius 2 is 2.11 bits per heavy atom. The SMILES string of the molecule is OC[C@H]1O[C@@H](c2c[nH]c3c(S)ncnc23)[C@H](O)[C@@H]1O. The number of fused-ring (bicyclic) bond motifs is 1. The van der Waals surface area contributed by atoms with E-state index < -0.39 is 24.4 Å². The number of nitrogens with one attached hydrogen (secondary N) is 1. The van der Waals surface area contributed by atoms with E-state index >= 15 is 0 Å². The summed E-state index contributed by atoms with van der Waals surface area (Å²) < 4.78 is 5.47. The van der Waals surface area contributed by atoms with E-state index in [0.29, 0.717) is 21.6 Å². The topological polar surface area (TPSA) is 111 Å². The number of aliphatic hydroxyl groups excluding tert-OH is 3. The Bertz CT molecular complexity index is 605. The van der Waals surface area contributed by atoms with Crippen LogP contribution < -0.4 is 0 Å². The summed E-state index contributed by atoms with van der Waals surface area (Å²) >= 11 is 4.21. The van der Waals surface area contributed by atoms with Crippen molar-refractivity contribution in [2.24, 2.45) is 0 Å². The molecule has 1 fully saturated rings. The van der Waals surface area contributed by atoms with Gasteiger partial charge in [-0.05, 0) is 0 Å². The predicted octanol–water partition coefficient (Wildman–Crippen LogP) is -0.599. The van der Waals surface area contributed by atoms with Gasteiger partial charge < -0.3 is 25.0 Å². The minimum Gasteiger partial charge on any atom is -0.394 e. The van der Waals surface area contributed by atoms with Gasteiger partial charge in [-0.2, -0.15) is 0 Å². The first-order valence-corrected chi connectivity index (χ1v) is 6.21. The lowest BCUT2D eigenvalue weighted by atomic mass is 10.0. The molecule has 1 aliphatic heterocycles. The van der Waals surface area contributed by atoms with E-state index in [-0.39, 0.29) is 6.61 Å². The Balaban J connectivity index is 2.04. The molecule has 4 atom stereocenters. The first kappa shape index (κ1) is 12.8. The van der Waals surface area contributed by atoms with E-state index in [9.17, 15) is 10.2 Å². The molecule has 0 bridgehead atoms. The standard InChI is InChI=1S/C11H13N3O4S/c15-2-5-8(16)9(17)10(18-5)4-1-12-7-6(4)13-3-14-11(7)19/h1,3,5,8-10,12,15-17H,2H2,(H,13,14,19)/t5-,8-,9-,10+/m1/s1. The molecule has 8 heteroatoms. The molecule has 0 saturated carbocycles. The maximum absolute atomic E-state index is 10.00. The summed E-state index contributed by atoms with van der Waals surface area (Å²) in [5.74, 6) is 0. The van der Waals surface area contributed by atoms with Gasteiger partial charge in [0.25, 0.3) is 0 Å². The highest BCUT2D eigenvalue weighted by molar-refractivity contribution is 7.80. The van der Waals surface area contributed by atoms with Gasteiger partial charge in [-0.25, -0.2) is 9.97 Å². The van der Waals surface area contributed by atoms with Crippen molar-refractivity contribution in [2.75, 3.05) is 6.61 Å². The highest BCUT2D eigenvalue weighted by Crippen LogP contribution is 2.36. The molecule has 19 heavy (non-hydrogen) atoms. The van der Waals surface area contributed by atoms with Crippen molar-refractivity contribution in [3.8, 4) is 0 Å². The Hall–Kier alpha value is -1.19. The summed E-state index contributed by atoms with van der Waals surface area (Å²) in [6.45, 7) is -0.357.